The molecule has 8 N–H and O–H groups in total. The second-order valence-corrected chi connectivity index (χ2v) is 22.2. The molecule has 4 aromatic carbocycles. The van der Waals surface area contributed by atoms with E-state index < -0.39 is 18.4 Å². The molecule has 4 aliphatic heterocycles. The molecule has 4 heterocycles. The van der Waals surface area contributed by atoms with Crippen LogP contribution < -0.4 is 15.4 Å². The van der Waals surface area contributed by atoms with Gasteiger partial charge in [0.15, 0.2) is 17.3 Å². The zero-order valence-electron chi connectivity index (χ0n) is 38.5. The molecule has 0 radical (unpaired) electrons. The summed E-state index contributed by atoms with van der Waals surface area (Å²) >= 11 is 0. The van der Waals surface area contributed by atoms with E-state index in [9.17, 15) is 40.2 Å². The number of carbonyl (C=O) groups is 2. The standard InChI is InChI=1S/C53H66N2O10S2/c1-28(59)43-16-8-32-20-33(25-57)38-15-11-35(4-3-19-56)54-53(41-21-34(26-58)51(55-43)49(32)50(38)41)65-46-24-37(61)13-6-30-9-17-44(62)52(64-2)48(30)39-14-7-29-5-12-36(60)23-40(29)42(39)27-66-67-47-18-10-31(46)22-45(47)63/h5,7,9,12,14,17,21,23,31-33,35,38,43,45-47,53-58,60,62-63H,3-4,6,8,10-11,13,15-16,18-20,22,24-27H2,1-2H3/t31-,32+,33-,35+,38+,43-,45+,46+,47+,53+/m1/s1. The number of ketones is 2. The molecule has 0 aromatic heterocycles. The van der Waals surface area contributed by atoms with Crippen LogP contribution in [0.3, 0.4) is 0 Å². The molecule has 10 rings (SSSR count). The van der Waals surface area contributed by atoms with Gasteiger partial charge in [0.05, 0.1) is 32.0 Å². The van der Waals surface area contributed by atoms with Crippen molar-refractivity contribution in [2.24, 2.45) is 11.8 Å². The van der Waals surface area contributed by atoms with Gasteiger partial charge in [-0.05, 0) is 170 Å². The van der Waals surface area contributed by atoms with E-state index in [4.69, 9.17) is 9.47 Å². The number of methoxy groups -OCH3 is 1. The molecule has 2 aliphatic carbocycles. The van der Waals surface area contributed by atoms with E-state index in [1.54, 1.807) is 46.7 Å². The summed E-state index contributed by atoms with van der Waals surface area (Å²) in [6.07, 6.45) is 5.71. The first kappa shape index (κ1) is 48.2. The fraction of sp³-hybridized carbons (Fsp3) is 0.547. The number of aliphatic hydroxyl groups is 4. The van der Waals surface area contributed by atoms with Gasteiger partial charge in [0.25, 0.3) is 0 Å². The number of nitrogens with one attached hydrogen (secondary N) is 2. The predicted octanol–water partition coefficient (Wildman–Crippen LogP) is 8.69. The number of aromatic hydroxyl groups is 2. The number of ether oxygens (including phenoxy) is 2. The highest BCUT2D eigenvalue weighted by Gasteiger charge is 2.45. The van der Waals surface area contributed by atoms with Gasteiger partial charge in [-0.15, -0.1) is 0 Å². The first-order valence-corrected chi connectivity index (χ1v) is 26.7. The summed E-state index contributed by atoms with van der Waals surface area (Å²) in [5, 5.41) is 75.0. The Morgan fingerprint density at radius 1 is 0.925 bits per heavy atom. The van der Waals surface area contributed by atoms with Crippen molar-refractivity contribution in [3.63, 3.8) is 0 Å². The highest BCUT2D eigenvalue weighted by Crippen LogP contribution is 2.55. The Bertz CT molecular complexity index is 2470. The lowest BCUT2D eigenvalue weighted by atomic mass is 9.65. The molecule has 0 saturated heterocycles. The molecular weight excluding hydrogens is 889 g/mol. The van der Waals surface area contributed by atoms with E-state index in [-0.39, 0.29) is 96.7 Å². The van der Waals surface area contributed by atoms with Crippen LogP contribution in [0.2, 0.25) is 0 Å². The first-order valence-electron chi connectivity index (χ1n) is 24.3. The minimum Gasteiger partial charge on any atom is -0.508 e. The van der Waals surface area contributed by atoms with Gasteiger partial charge in [0.2, 0.25) is 0 Å². The van der Waals surface area contributed by atoms with Crippen LogP contribution in [-0.4, -0.2) is 92.1 Å². The second-order valence-electron chi connectivity index (χ2n) is 19.6. The molecule has 4 aromatic rings. The SMILES string of the molecule is COc1c(O)ccc2c1-c1ccc3ccc(O)cc3c1CSS[C@H]1CC[C@H](C[C@@H]1O)[C@@H](O[C@@H]1N[C@@H](CCCO)CC[C@@H]3c4c1cc(CO)c1c4[C@@H](CC[C@H](C(C)=O)N1)C[C@@H]3CO)CC(=O)CC2. The minimum absolute atomic E-state index is 0.0000343. The lowest BCUT2D eigenvalue weighted by Crippen LogP contribution is -2.44. The molecule has 10 atom stereocenters. The Balaban J connectivity index is 1.12. The smallest absolute Gasteiger partial charge is 0.168 e. The third-order valence-corrected chi connectivity index (χ3v) is 18.5. The summed E-state index contributed by atoms with van der Waals surface area (Å²) in [6, 6.07) is 14.4. The number of fused-ring (bicyclic) bond motifs is 9. The number of aryl methyl sites for hydroxylation is 1. The summed E-state index contributed by atoms with van der Waals surface area (Å²) in [7, 11) is 4.85. The van der Waals surface area contributed by atoms with E-state index in [1.165, 1.54) is 7.11 Å². The number of phenolic OH excluding ortho intramolecular Hbond substituents is 2. The van der Waals surface area contributed by atoms with E-state index in [0.717, 1.165) is 81.9 Å². The quantitative estimate of drug-likeness (QED) is 0.0742. The zero-order chi connectivity index (χ0) is 46.9. The monoisotopic (exact) mass is 954 g/mol. The third-order valence-electron chi connectivity index (χ3n) is 15.6. The van der Waals surface area contributed by atoms with Crippen molar-refractivity contribution in [2.45, 2.75) is 150 Å². The number of rotatable bonds is 9. The molecule has 12 nitrogen and oxygen atoms in total. The van der Waals surface area contributed by atoms with Gasteiger partial charge < -0.3 is 45.4 Å². The van der Waals surface area contributed by atoms with Crippen LogP contribution in [0.15, 0.2) is 48.5 Å². The molecule has 1 fully saturated rings. The maximum atomic E-state index is 14.6. The molecule has 2 bridgehead atoms. The zero-order valence-corrected chi connectivity index (χ0v) is 40.2. The Morgan fingerprint density at radius 3 is 2.52 bits per heavy atom. The van der Waals surface area contributed by atoms with Crippen LogP contribution >= 0.6 is 21.6 Å². The number of benzene rings is 4. The number of hydrogen-bond donors (Lipinski definition) is 8. The number of hydrogen-bond acceptors (Lipinski definition) is 14. The van der Waals surface area contributed by atoms with Crippen molar-refractivity contribution in [1.29, 1.82) is 0 Å². The van der Waals surface area contributed by atoms with E-state index in [0.29, 0.717) is 61.2 Å². The van der Waals surface area contributed by atoms with E-state index in [2.05, 4.69) is 10.6 Å². The summed E-state index contributed by atoms with van der Waals surface area (Å²) in [6.45, 7) is 1.42. The Hall–Kier alpha value is -3.86. The summed E-state index contributed by atoms with van der Waals surface area (Å²) in [4.78, 5) is 27.6. The van der Waals surface area contributed by atoms with Gasteiger partial charge in [-0.2, -0.15) is 0 Å². The molecule has 6 aliphatic rings. The Labute approximate surface area is 401 Å². The summed E-state index contributed by atoms with van der Waals surface area (Å²) < 4.78 is 13.3. The predicted molar refractivity (Wildman–Crippen MR) is 264 cm³/mol. The van der Waals surface area contributed by atoms with Crippen molar-refractivity contribution in [2.75, 3.05) is 25.6 Å². The summed E-state index contributed by atoms with van der Waals surface area (Å²) in [5.74, 6) is 0.943. The fourth-order valence-electron chi connectivity index (χ4n) is 12.2. The number of Topliss-reactive ketones (excluding diaryl/α,β-unsaturated/α-hetero) is 2. The van der Waals surface area contributed by atoms with E-state index >= 15 is 0 Å². The average Bonchev–Trinajstić information content (AvgIpc) is 3.51. The van der Waals surface area contributed by atoms with E-state index in [1.807, 2.05) is 30.3 Å². The molecule has 0 amide bonds. The second kappa shape index (κ2) is 21.0. The van der Waals surface area contributed by atoms with Gasteiger partial charge in [-0.1, -0.05) is 45.9 Å². The first-order chi connectivity index (χ1) is 32.5. The number of carbonyl (C=O) groups excluding carboxylic acids is 2. The topological polar surface area (TPSA) is 198 Å². The average molecular weight is 955 g/mol. The fourth-order valence-corrected chi connectivity index (χ4v) is 15.1. The maximum Gasteiger partial charge on any atom is 0.168 e. The molecular formula is C53H66N2O10S2. The Morgan fingerprint density at radius 2 is 1.76 bits per heavy atom. The number of anilines is 1. The van der Waals surface area contributed by atoms with Crippen LogP contribution in [0.25, 0.3) is 21.9 Å². The molecule has 14 heteroatoms. The number of phenols is 2. The molecule has 67 heavy (non-hydrogen) atoms. The van der Waals surface area contributed by atoms with Crippen molar-refractivity contribution in [3.8, 4) is 28.4 Å². The maximum absolute atomic E-state index is 14.6. The van der Waals surface area contributed by atoms with Crippen molar-refractivity contribution >= 4 is 49.6 Å². The molecule has 360 valence electrons. The van der Waals surface area contributed by atoms with Gasteiger partial charge in [-0.25, -0.2) is 0 Å². The molecule has 0 unspecified atom stereocenters. The van der Waals surface area contributed by atoms with Crippen LogP contribution in [0, 0.1) is 11.8 Å². The van der Waals surface area contributed by atoms with Crippen LogP contribution in [-0.2, 0) is 33.1 Å². The van der Waals surface area contributed by atoms with Crippen molar-refractivity contribution in [1.82, 2.24) is 5.32 Å². The van der Waals surface area contributed by atoms with Crippen LogP contribution in [0.1, 0.15) is 135 Å². The lowest BCUT2D eigenvalue weighted by molar-refractivity contribution is -0.129. The lowest BCUT2D eigenvalue weighted by Gasteiger charge is -2.45. The largest absolute Gasteiger partial charge is 0.508 e. The number of aliphatic hydroxyl groups excluding tert-OH is 4. The highest BCUT2D eigenvalue weighted by molar-refractivity contribution is 8.76. The molecule has 1 saturated carbocycles. The Kier molecular flexibility index (Phi) is 15.1. The van der Waals surface area contributed by atoms with Crippen LogP contribution in [0.4, 0.5) is 5.69 Å². The summed E-state index contributed by atoms with van der Waals surface area (Å²) in [5.41, 5.74) is 7.94. The third kappa shape index (κ3) is 9.84. The van der Waals surface area contributed by atoms with Gasteiger partial charge in [0.1, 0.15) is 17.8 Å². The van der Waals surface area contributed by atoms with Gasteiger partial charge in [0, 0.05) is 59.9 Å². The van der Waals surface area contributed by atoms with Gasteiger partial charge >= 0.3 is 0 Å². The normalized spacial score (nSPS) is 28.8. The van der Waals surface area contributed by atoms with Crippen molar-refractivity contribution in [3.05, 3.63) is 81.9 Å². The van der Waals surface area contributed by atoms with Crippen LogP contribution in [0.5, 0.6) is 17.2 Å². The molecule has 0 spiro atoms. The highest BCUT2D eigenvalue weighted by atomic mass is 33.1. The van der Waals surface area contributed by atoms with Gasteiger partial charge in [-0.3, -0.25) is 14.9 Å². The minimum atomic E-state index is -0.705. The van der Waals surface area contributed by atoms with Crippen molar-refractivity contribution < 1.29 is 49.7 Å².